The molecule has 2 saturated heterocycles. The number of thioether (sulfide) groups is 1. The van der Waals surface area contributed by atoms with Crippen LogP contribution in [0.3, 0.4) is 0 Å². The molecule has 1 saturated carbocycles. The largest absolute Gasteiger partial charge is 0.361 e. The highest BCUT2D eigenvalue weighted by atomic mass is 32.2. The van der Waals surface area contributed by atoms with Crippen molar-refractivity contribution >= 4 is 31.8 Å². The molecule has 3 fully saturated rings. The summed E-state index contributed by atoms with van der Waals surface area (Å²) in [6.07, 6.45) is 5.54. The zero-order valence-electron chi connectivity index (χ0n) is 18.7. The molecule has 8 heteroatoms. The zero-order valence-corrected chi connectivity index (χ0v) is 20.5. The molecule has 29 heavy (non-hydrogen) atoms. The van der Waals surface area contributed by atoms with Crippen molar-refractivity contribution in [2.75, 3.05) is 31.4 Å². The molecule has 6 nitrogen and oxygen atoms in total. The van der Waals surface area contributed by atoms with Gasteiger partial charge in [0, 0.05) is 27.3 Å². The van der Waals surface area contributed by atoms with E-state index >= 15 is 0 Å². The summed E-state index contributed by atoms with van der Waals surface area (Å²) in [5.41, 5.74) is 5.49. The van der Waals surface area contributed by atoms with E-state index in [1.165, 1.54) is 4.90 Å². The Balaban J connectivity index is 1.73. The molecule has 3 amide bonds. The number of amides is 3. The number of urea groups is 1. The fraction of sp³-hybridized carbons (Fsp3) is 0.905. The van der Waals surface area contributed by atoms with Gasteiger partial charge in [-0.15, -0.1) is 0 Å². The minimum Gasteiger partial charge on any atom is -0.361 e. The van der Waals surface area contributed by atoms with Crippen molar-refractivity contribution in [1.82, 2.24) is 9.80 Å². The Kier molecular flexibility index (Phi) is 7.08. The Morgan fingerprint density at radius 2 is 1.76 bits per heavy atom. The van der Waals surface area contributed by atoms with Crippen molar-refractivity contribution in [2.24, 2.45) is 11.1 Å². The topological polar surface area (TPSA) is 75.9 Å². The van der Waals surface area contributed by atoms with Gasteiger partial charge in [0.25, 0.3) is 5.91 Å². The van der Waals surface area contributed by atoms with Gasteiger partial charge in [-0.2, -0.15) is 11.8 Å². The fourth-order valence-electron chi connectivity index (χ4n) is 4.72. The number of nitrogens with two attached hydrogens (primary N) is 1. The molecule has 0 aromatic rings. The van der Waals surface area contributed by atoms with Crippen LogP contribution in [-0.2, 0) is 9.53 Å². The van der Waals surface area contributed by atoms with Crippen LogP contribution in [0.25, 0.3) is 0 Å². The normalized spacial score (nSPS) is 30.4. The first-order valence-corrected chi connectivity index (χ1v) is 16.0. The molecule has 0 radical (unpaired) electrons. The average molecular weight is 442 g/mol. The molecule has 2 aliphatic heterocycles. The summed E-state index contributed by atoms with van der Waals surface area (Å²) in [6.45, 7) is 10.5. The summed E-state index contributed by atoms with van der Waals surface area (Å²) < 4.78 is 5.82. The Labute approximate surface area is 181 Å². The van der Waals surface area contributed by atoms with Crippen LogP contribution in [0.2, 0.25) is 25.7 Å². The van der Waals surface area contributed by atoms with E-state index in [1.807, 2.05) is 16.7 Å². The lowest BCUT2D eigenvalue weighted by Gasteiger charge is -2.44. The fourth-order valence-corrected chi connectivity index (χ4v) is 6.64. The number of nitrogens with zero attached hydrogens (tertiary/aromatic N) is 2. The molecule has 1 aliphatic carbocycles. The monoisotopic (exact) mass is 441 g/mol. The van der Waals surface area contributed by atoms with Crippen molar-refractivity contribution in [3.8, 4) is 0 Å². The molecule has 2 N–H and O–H groups in total. The average Bonchev–Trinajstić information content (AvgIpc) is 2.83. The Morgan fingerprint density at radius 1 is 1.14 bits per heavy atom. The Bertz CT molecular complexity index is 611. The third-order valence-corrected chi connectivity index (χ3v) is 9.63. The summed E-state index contributed by atoms with van der Waals surface area (Å²) in [4.78, 5) is 30.2. The van der Waals surface area contributed by atoms with Crippen molar-refractivity contribution < 1.29 is 14.3 Å². The number of imide groups is 1. The maximum atomic E-state index is 13.5. The lowest BCUT2D eigenvalue weighted by Crippen LogP contribution is -2.55. The highest BCUT2D eigenvalue weighted by Crippen LogP contribution is 2.44. The minimum atomic E-state index is -1.20. The van der Waals surface area contributed by atoms with E-state index in [0.29, 0.717) is 13.2 Å². The number of carbonyl (C=O) groups is 2. The van der Waals surface area contributed by atoms with Gasteiger partial charge in [0.05, 0.1) is 0 Å². The molecule has 0 unspecified atom stereocenters. The van der Waals surface area contributed by atoms with Crippen LogP contribution in [-0.4, -0.2) is 72.8 Å². The maximum Gasteiger partial charge on any atom is 0.329 e. The van der Waals surface area contributed by atoms with Crippen LogP contribution >= 0.6 is 11.8 Å². The van der Waals surface area contributed by atoms with Crippen molar-refractivity contribution in [2.45, 2.75) is 82.7 Å². The first kappa shape index (κ1) is 23.1. The summed E-state index contributed by atoms with van der Waals surface area (Å²) in [7, 11) is -1.20. The van der Waals surface area contributed by atoms with E-state index in [4.69, 9.17) is 10.5 Å². The standard InChI is InChI=1S/C21H39N3O3SSi/c1-20(7-5-17(22)6-8-20)15-24-19(26)23(16-27-11-14-29(2,3)4)18(25)21(24)9-12-28-13-10-21/h17H,5-16,22H2,1-4H3. The SMILES string of the molecule is CC1(CN2C(=O)N(COCC[Si](C)(C)C)C(=O)C23CCSCC3)CCC(N)CC1. The molecule has 0 bridgehead atoms. The smallest absolute Gasteiger partial charge is 0.329 e. The second-order valence-corrected chi connectivity index (χ2v) is 17.6. The van der Waals surface area contributed by atoms with Crippen LogP contribution < -0.4 is 5.73 Å². The molecular formula is C21H39N3O3SSi. The number of ether oxygens (including phenoxy) is 1. The van der Waals surface area contributed by atoms with E-state index in [-0.39, 0.29) is 30.1 Å². The minimum absolute atomic E-state index is 0.0353. The zero-order chi connectivity index (χ0) is 21.3. The van der Waals surface area contributed by atoms with Crippen molar-refractivity contribution in [3.05, 3.63) is 0 Å². The molecule has 166 valence electrons. The third kappa shape index (κ3) is 5.19. The van der Waals surface area contributed by atoms with E-state index < -0.39 is 13.6 Å². The highest BCUT2D eigenvalue weighted by Gasteiger charge is 2.58. The van der Waals surface area contributed by atoms with Crippen LogP contribution in [0.1, 0.15) is 45.4 Å². The summed E-state index contributed by atoms with van der Waals surface area (Å²) in [6, 6.07) is 1.16. The van der Waals surface area contributed by atoms with Crippen LogP contribution in [0.5, 0.6) is 0 Å². The van der Waals surface area contributed by atoms with Gasteiger partial charge in [-0.1, -0.05) is 26.6 Å². The molecule has 1 spiro atoms. The molecule has 3 aliphatic rings. The van der Waals surface area contributed by atoms with E-state index in [2.05, 4.69) is 26.6 Å². The molecular weight excluding hydrogens is 402 g/mol. The predicted octanol–water partition coefficient (Wildman–Crippen LogP) is 3.74. The second-order valence-electron chi connectivity index (χ2n) is 10.7. The number of rotatable bonds is 7. The number of hydrogen-bond donors (Lipinski definition) is 1. The van der Waals surface area contributed by atoms with Gasteiger partial charge in [0.2, 0.25) is 0 Å². The van der Waals surface area contributed by atoms with E-state index in [9.17, 15) is 9.59 Å². The van der Waals surface area contributed by atoms with E-state index in [1.54, 1.807) is 0 Å². The van der Waals surface area contributed by atoms with Crippen LogP contribution in [0, 0.1) is 5.41 Å². The molecule has 0 atom stereocenters. The molecule has 3 rings (SSSR count). The first-order chi connectivity index (χ1) is 13.6. The summed E-state index contributed by atoms with van der Waals surface area (Å²) in [5, 5.41) is 0. The third-order valence-electron chi connectivity index (χ3n) is 6.94. The van der Waals surface area contributed by atoms with E-state index in [0.717, 1.165) is 56.1 Å². The van der Waals surface area contributed by atoms with Gasteiger partial charge >= 0.3 is 6.03 Å². The lowest BCUT2D eigenvalue weighted by molar-refractivity contribution is -0.137. The van der Waals surface area contributed by atoms with Gasteiger partial charge in [-0.25, -0.2) is 9.69 Å². The molecule has 2 heterocycles. The van der Waals surface area contributed by atoms with Gasteiger partial charge in [-0.3, -0.25) is 4.79 Å². The lowest BCUT2D eigenvalue weighted by atomic mass is 9.73. The quantitative estimate of drug-likeness (QED) is 0.370. The second kappa shape index (κ2) is 8.89. The summed E-state index contributed by atoms with van der Waals surface area (Å²) >= 11 is 1.88. The molecule has 0 aromatic carbocycles. The summed E-state index contributed by atoms with van der Waals surface area (Å²) in [5.74, 6) is 1.83. The van der Waals surface area contributed by atoms with Crippen LogP contribution in [0.4, 0.5) is 4.79 Å². The van der Waals surface area contributed by atoms with Gasteiger partial charge in [0.1, 0.15) is 12.3 Å². The van der Waals surface area contributed by atoms with Crippen molar-refractivity contribution in [3.63, 3.8) is 0 Å². The Hall–Kier alpha value is -0.573. The van der Waals surface area contributed by atoms with Crippen molar-refractivity contribution in [1.29, 1.82) is 0 Å². The Morgan fingerprint density at radius 3 is 2.34 bits per heavy atom. The maximum absolute atomic E-state index is 13.5. The van der Waals surface area contributed by atoms with Crippen LogP contribution in [0.15, 0.2) is 0 Å². The van der Waals surface area contributed by atoms with Gasteiger partial charge in [-0.05, 0) is 61.5 Å². The number of carbonyl (C=O) groups excluding carboxylic acids is 2. The van der Waals surface area contributed by atoms with Gasteiger partial charge in [0.15, 0.2) is 0 Å². The molecule has 0 aromatic heterocycles. The number of hydrogen-bond acceptors (Lipinski definition) is 5. The first-order valence-electron chi connectivity index (χ1n) is 11.1. The predicted molar refractivity (Wildman–Crippen MR) is 122 cm³/mol. The van der Waals surface area contributed by atoms with Gasteiger partial charge < -0.3 is 15.4 Å². The highest BCUT2D eigenvalue weighted by molar-refractivity contribution is 7.99.